The third-order valence-corrected chi connectivity index (χ3v) is 4.56. The van der Waals surface area contributed by atoms with E-state index in [1.54, 1.807) is 0 Å². The van der Waals surface area contributed by atoms with Crippen LogP contribution in [-0.4, -0.2) is 30.5 Å². The quantitative estimate of drug-likeness (QED) is 0.698. The van der Waals surface area contributed by atoms with Gasteiger partial charge in [-0.15, -0.1) is 0 Å². The highest BCUT2D eigenvalue weighted by Crippen LogP contribution is 2.27. The van der Waals surface area contributed by atoms with Crippen molar-refractivity contribution >= 4 is 11.7 Å². The molecule has 1 aliphatic heterocycles. The van der Waals surface area contributed by atoms with Crippen molar-refractivity contribution in [3.05, 3.63) is 59.2 Å². The molecule has 0 aliphatic carbocycles. The Hall–Kier alpha value is -2.57. The molecule has 1 fully saturated rings. The fourth-order valence-electron chi connectivity index (χ4n) is 3.04. The molecule has 0 radical (unpaired) electrons. The summed E-state index contributed by atoms with van der Waals surface area (Å²) >= 11 is 0. The number of aryl methyl sites for hydroxylation is 1. The molecule has 6 heteroatoms. The highest BCUT2D eigenvalue weighted by atomic mass is 16.5. The lowest BCUT2D eigenvalue weighted by Gasteiger charge is -2.16. The number of benzene rings is 2. The van der Waals surface area contributed by atoms with Gasteiger partial charge in [0.05, 0.1) is 18.4 Å². The number of amides is 2. The van der Waals surface area contributed by atoms with Crippen molar-refractivity contribution in [2.75, 3.05) is 18.5 Å². The summed E-state index contributed by atoms with van der Waals surface area (Å²) in [6, 6.07) is 12.8. The van der Waals surface area contributed by atoms with Gasteiger partial charge in [-0.1, -0.05) is 30.3 Å². The van der Waals surface area contributed by atoms with Crippen LogP contribution in [0.2, 0.25) is 0 Å². The fourth-order valence-corrected chi connectivity index (χ4v) is 3.04. The number of hydrogen-bond acceptors (Lipinski definition) is 4. The Labute approximate surface area is 159 Å². The molecule has 27 heavy (non-hydrogen) atoms. The maximum absolute atomic E-state index is 12.3. The first-order valence-electron chi connectivity index (χ1n) is 9.23. The number of carbonyl (C=O) groups is 1. The van der Waals surface area contributed by atoms with Crippen LogP contribution in [-0.2, 0) is 17.9 Å². The maximum Gasteiger partial charge on any atom is 0.319 e. The van der Waals surface area contributed by atoms with E-state index < -0.39 is 0 Å². The van der Waals surface area contributed by atoms with Crippen molar-refractivity contribution in [3.8, 4) is 5.75 Å². The minimum Gasteiger partial charge on any atom is -0.489 e. The van der Waals surface area contributed by atoms with Crippen molar-refractivity contribution in [1.29, 1.82) is 0 Å². The van der Waals surface area contributed by atoms with E-state index in [-0.39, 0.29) is 18.7 Å². The molecule has 0 bridgehead atoms. The maximum atomic E-state index is 12.3. The van der Waals surface area contributed by atoms with Gasteiger partial charge in [0.15, 0.2) is 0 Å². The topological polar surface area (TPSA) is 79.8 Å². The number of carbonyl (C=O) groups excluding carboxylic acids is 1. The number of hydrogen-bond donors (Lipinski definition) is 3. The summed E-state index contributed by atoms with van der Waals surface area (Å²) < 4.78 is 11.5. The van der Waals surface area contributed by atoms with Crippen LogP contribution < -0.4 is 15.4 Å². The largest absolute Gasteiger partial charge is 0.489 e. The predicted octanol–water partition coefficient (Wildman–Crippen LogP) is 3.37. The molecule has 1 atom stereocenters. The SMILES string of the molecule is Cc1ccc(NC(=O)NCc2ccccc2CO)c(OCC2CCCO2)c1. The molecule has 0 saturated carbocycles. The third kappa shape index (κ3) is 5.45. The zero-order valence-corrected chi connectivity index (χ0v) is 15.5. The number of nitrogens with one attached hydrogen (secondary N) is 2. The van der Waals surface area contributed by atoms with Gasteiger partial charge < -0.3 is 25.2 Å². The number of anilines is 1. The van der Waals surface area contributed by atoms with Crippen LogP contribution in [0.3, 0.4) is 0 Å². The monoisotopic (exact) mass is 370 g/mol. The Balaban J connectivity index is 1.59. The van der Waals surface area contributed by atoms with Crippen LogP contribution in [0.15, 0.2) is 42.5 Å². The molecule has 1 saturated heterocycles. The highest BCUT2D eigenvalue weighted by Gasteiger charge is 2.17. The molecule has 2 aromatic rings. The Kier molecular flexibility index (Phi) is 6.68. The van der Waals surface area contributed by atoms with Gasteiger partial charge in [-0.05, 0) is 48.6 Å². The van der Waals surface area contributed by atoms with Crippen molar-refractivity contribution in [2.24, 2.45) is 0 Å². The number of rotatable bonds is 7. The van der Waals surface area contributed by atoms with E-state index in [2.05, 4.69) is 10.6 Å². The summed E-state index contributed by atoms with van der Waals surface area (Å²) in [5, 5.41) is 15.0. The van der Waals surface area contributed by atoms with Crippen molar-refractivity contribution in [2.45, 2.75) is 39.0 Å². The normalized spacial score (nSPS) is 16.1. The molecule has 3 N–H and O–H groups in total. The standard InChI is InChI=1S/C21H26N2O4/c1-15-8-9-19(20(11-15)27-14-18-7-4-10-26-18)23-21(25)22-12-16-5-2-3-6-17(16)13-24/h2-3,5-6,8-9,11,18,24H,4,7,10,12-14H2,1H3,(H2,22,23,25). The van der Waals surface area contributed by atoms with Crippen molar-refractivity contribution in [1.82, 2.24) is 5.32 Å². The summed E-state index contributed by atoms with van der Waals surface area (Å²) in [5.41, 5.74) is 3.36. The Morgan fingerprint density at radius 2 is 2.07 bits per heavy atom. The smallest absolute Gasteiger partial charge is 0.319 e. The van der Waals surface area contributed by atoms with Crippen LogP contribution in [0.4, 0.5) is 10.5 Å². The molecule has 1 heterocycles. The van der Waals surface area contributed by atoms with Gasteiger partial charge in [-0.3, -0.25) is 0 Å². The number of urea groups is 1. The lowest BCUT2D eigenvalue weighted by atomic mass is 10.1. The Morgan fingerprint density at radius 3 is 2.81 bits per heavy atom. The molecule has 144 valence electrons. The molecule has 1 aliphatic rings. The molecular formula is C21H26N2O4. The van der Waals surface area contributed by atoms with Gasteiger partial charge >= 0.3 is 6.03 Å². The third-order valence-electron chi connectivity index (χ3n) is 4.56. The van der Waals surface area contributed by atoms with E-state index in [1.165, 1.54) is 0 Å². The lowest BCUT2D eigenvalue weighted by Crippen LogP contribution is -2.29. The Morgan fingerprint density at radius 1 is 1.26 bits per heavy atom. The van der Waals surface area contributed by atoms with Crippen LogP contribution in [0, 0.1) is 6.92 Å². The first-order chi connectivity index (χ1) is 13.2. The first-order valence-corrected chi connectivity index (χ1v) is 9.23. The first kappa shape index (κ1) is 19.2. The van der Waals surface area contributed by atoms with Gasteiger partial charge in [0, 0.05) is 13.2 Å². The van der Waals surface area contributed by atoms with Gasteiger partial charge in [-0.2, -0.15) is 0 Å². The van der Waals surface area contributed by atoms with Crippen molar-refractivity contribution < 1.29 is 19.4 Å². The molecule has 2 amide bonds. The van der Waals surface area contributed by atoms with E-state index in [1.807, 2.05) is 49.4 Å². The molecule has 2 aromatic carbocycles. The molecule has 1 unspecified atom stereocenters. The summed E-state index contributed by atoms with van der Waals surface area (Å²) in [6.07, 6.45) is 2.17. The van der Waals surface area contributed by atoms with Crippen LogP contribution >= 0.6 is 0 Å². The van der Waals surface area contributed by atoms with Crippen molar-refractivity contribution in [3.63, 3.8) is 0 Å². The van der Waals surface area contributed by atoms with Crippen LogP contribution in [0.5, 0.6) is 5.75 Å². The zero-order valence-electron chi connectivity index (χ0n) is 15.5. The number of aliphatic hydroxyl groups is 1. The molecule has 0 aromatic heterocycles. The van der Waals surface area contributed by atoms with Gasteiger partial charge in [0.25, 0.3) is 0 Å². The zero-order chi connectivity index (χ0) is 19.1. The van der Waals surface area contributed by atoms with Crippen LogP contribution in [0.1, 0.15) is 29.5 Å². The van der Waals surface area contributed by atoms with E-state index in [0.717, 1.165) is 36.1 Å². The minimum atomic E-state index is -0.325. The summed E-state index contributed by atoms with van der Waals surface area (Å²) in [4.78, 5) is 12.3. The second kappa shape index (κ2) is 9.39. The predicted molar refractivity (Wildman–Crippen MR) is 104 cm³/mol. The van der Waals surface area contributed by atoms with E-state index in [9.17, 15) is 9.90 Å². The second-order valence-electron chi connectivity index (χ2n) is 6.68. The second-order valence-corrected chi connectivity index (χ2v) is 6.68. The lowest BCUT2D eigenvalue weighted by molar-refractivity contribution is 0.0682. The average molecular weight is 370 g/mol. The van der Waals surface area contributed by atoms with Gasteiger partial charge in [0.2, 0.25) is 0 Å². The van der Waals surface area contributed by atoms with Gasteiger partial charge in [-0.25, -0.2) is 4.79 Å². The summed E-state index contributed by atoms with van der Waals surface area (Å²) in [5.74, 6) is 0.636. The van der Waals surface area contributed by atoms with Crippen LogP contribution in [0.25, 0.3) is 0 Å². The summed E-state index contributed by atoms with van der Waals surface area (Å²) in [7, 11) is 0. The van der Waals surface area contributed by atoms with E-state index in [0.29, 0.717) is 24.6 Å². The molecule has 3 rings (SSSR count). The summed E-state index contributed by atoms with van der Waals surface area (Å²) in [6.45, 7) is 3.52. The number of aliphatic hydroxyl groups excluding tert-OH is 1. The highest BCUT2D eigenvalue weighted by molar-refractivity contribution is 5.91. The molecule has 6 nitrogen and oxygen atoms in total. The van der Waals surface area contributed by atoms with E-state index in [4.69, 9.17) is 9.47 Å². The fraction of sp³-hybridized carbons (Fsp3) is 0.381. The van der Waals surface area contributed by atoms with Gasteiger partial charge in [0.1, 0.15) is 12.4 Å². The van der Waals surface area contributed by atoms with E-state index >= 15 is 0 Å². The minimum absolute atomic E-state index is 0.0569. The Bertz CT molecular complexity index is 773. The average Bonchev–Trinajstić information content (AvgIpc) is 3.20. The number of ether oxygens (including phenoxy) is 2. The molecular weight excluding hydrogens is 344 g/mol. The molecule has 0 spiro atoms.